The van der Waals surface area contributed by atoms with Crippen LogP contribution in [0.5, 0.6) is 0 Å². The van der Waals surface area contributed by atoms with Crippen LogP contribution >= 0.6 is 24.8 Å². The topological polar surface area (TPSA) is 73.9 Å². The Labute approximate surface area is 184 Å². The quantitative estimate of drug-likeness (QED) is 0.682. The standard InChI is InChI=1S/C20H28N4O3.2ClH/c25-19-10-18(14-24(19)4-3-23-5-7-27-8-6-23)20(26)22-11-15-1-2-16-12-21-13-17(16)9-15;;/h1-2,9,18,21H,3-8,10-14H2,(H,22,26);2*1H. The summed E-state index contributed by atoms with van der Waals surface area (Å²) in [6, 6.07) is 6.36. The zero-order chi connectivity index (χ0) is 18.6. The first-order valence-electron chi connectivity index (χ1n) is 9.86. The maximum absolute atomic E-state index is 12.5. The van der Waals surface area contributed by atoms with E-state index in [-0.39, 0.29) is 42.5 Å². The minimum atomic E-state index is -0.238. The van der Waals surface area contributed by atoms with E-state index >= 15 is 0 Å². The number of carbonyl (C=O) groups excluding carboxylic acids is 2. The molecule has 3 heterocycles. The minimum absolute atomic E-state index is 0. The van der Waals surface area contributed by atoms with Gasteiger partial charge in [0.05, 0.1) is 19.1 Å². The van der Waals surface area contributed by atoms with Crippen molar-refractivity contribution in [2.45, 2.75) is 26.1 Å². The summed E-state index contributed by atoms with van der Waals surface area (Å²) in [6.07, 6.45) is 0.322. The molecular formula is C20H30Cl2N4O3. The van der Waals surface area contributed by atoms with E-state index in [1.54, 1.807) is 0 Å². The number of morpholine rings is 1. The number of nitrogens with one attached hydrogen (secondary N) is 2. The lowest BCUT2D eigenvalue weighted by Gasteiger charge is -2.28. The highest BCUT2D eigenvalue weighted by atomic mass is 35.5. The van der Waals surface area contributed by atoms with Gasteiger partial charge >= 0.3 is 0 Å². The zero-order valence-corrected chi connectivity index (χ0v) is 18.2. The Morgan fingerprint density at radius 1 is 1.14 bits per heavy atom. The molecule has 7 nitrogen and oxygen atoms in total. The van der Waals surface area contributed by atoms with Gasteiger partial charge < -0.3 is 20.3 Å². The Hall–Kier alpha value is -1.38. The van der Waals surface area contributed by atoms with Crippen LogP contribution in [-0.2, 0) is 34.0 Å². The smallest absolute Gasteiger partial charge is 0.225 e. The largest absolute Gasteiger partial charge is 0.379 e. The third-order valence-corrected chi connectivity index (χ3v) is 5.74. The van der Waals surface area contributed by atoms with Crippen LogP contribution in [0.4, 0.5) is 0 Å². The van der Waals surface area contributed by atoms with Crippen LogP contribution in [-0.4, -0.2) is 67.6 Å². The molecule has 0 saturated carbocycles. The number of hydrogen-bond acceptors (Lipinski definition) is 5. The molecule has 2 saturated heterocycles. The highest BCUT2D eigenvalue weighted by Gasteiger charge is 2.34. The Balaban J connectivity index is 0.00000150. The molecule has 2 N–H and O–H groups in total. The molecule has 0 aliphatic carbocycles. The van der Waals surface area contributed by atoms with E-state index in [2.05, 4.69) is 33.7 Å². The fourth-order valence-electron chi connectivity index (χ4n) is 4.04. The molecule has 2 fully saturated rings. The molecule has 0 radical (unpaired) electrons. The fourth-order valence-corrected chi connectivity index (χ4v) is 4.04. The van der Waals surface area contributed by atoms with E-state index in [0.29, 0.717) is 26.1 Å². The normalized spacial score (nSPS) is 21.3. The lowest BCUT2D eigenvalue weighted by molar-refractivity contribution is -0.129. The first kappa shape index (κ1) is 23.9. The van der Waals surface area contributed by atoms with E-state index in [9.17, 15) is 9.59 Å². The molecule has 1 aromatic carbocycles. The van der Waals surface area contributed by atoms with Gasteiger partial charge in [0, 0.05) is 58.8 Å². The second-order valence-electron chi connectivity index (χ2n) is 7.62. The van der Waals surface area contributed by atoms with Crippen molar-refractivity contribution >= 4 is 36.6 Å². The van der Waals surface area contributed by atoms with E-state index < -0.39 is 0 Å². The number of rotatable bonds is 6. The van der Waals surface area contributed by atoms with Gasteiger partial charge in [-0.3, -0.25) is 14.5 Å². The predicted octanol–water partition coefficient (Wildman–Crippen LogP) is 0.930. The molecule has 9 heteroatoms. The van der Waals surface area contributed by atoms with E-state index in [1.165, 1.54) is 11.1 Å². The average molecular weight is 445 g/mol. The molecular weight excluding hydrogens is 415 g/mol. The first-order chi connectivity index (χ1) is 13.2. The van der Waals surface area contributed by atoms with E-state index in [1.807, 2.05) is 4.90 Å². The molecule has 1 unspecified atom stereocenters. The molecule has 0 bridgehead atoms. The maximum atomic E-state index is 12.5. The third-order valence-electron chi connectivity index (χ3n) is 5.74. The number of ether oxygens (including phenoxy) is 1. The van der Waals surface area contributed by atoms with Crippen molar-refractivity contribution in [1.29, 1.82) is 0 Å². The number of hydrogen-bond donors (Lipinski definition) is 2. The average Bonchev–Trinajstić information content (AvgIpc) is 3.31. The highest BCUT2D eigenvalue weighted by molar-refractivity contribution is 5.89. The van der Waals surface area contributed by atoms with Crippen LogP contribution < -0.4 is 10.6 Å². The fraction of sp³-hybridized carbons (Fsp3) is 0.600. The summed E-state index contributed by atoms with van der Waals surface area (Å²) >= 11 is 0. The van der Waals surface area contributed by atoms with Crippen molar-refractivity contribution in [3.8, 4) is 0 Å². The Morgan fingerprint density at radius 2 is 1.90 bits per heavy atom. The van der Waals surface area contributed by atoms with Crippen molar-refractivity contribution in [1.82, 2.24) is 20.4 Å². The third kappa shape index (κ3) is 6.06. The van der Waals surface area contributed by atoms with Gasteiger partial charge in [0.25, 0.3) is 0 Å². The molecule has 3 aliphatic rings. The molecule has 3 aliphatic heterocycles. The minimum Gasteiger partial charge on any atom is -0.379 e. The van der Waals surface area contributed by atoms with Gasteiger partial charge in [-0.1, -0.05) is 18.2 Å². The number of fused-ring (bicyclic) bond motifs is 1. The summed E-state index contributed by atoms with van der Waals surface area (Å²) in [4.78, 5) is 28.9. The Bertz CT molecular complexity index is 713. The number of amides is 2. The summed E-state index contributed by atoms with van der Waals surface area (Å²) in [7, 11) is 0. The van der Waals surface area contributed by atoms with Gasteiger partial charge in [-0.2, -0.15) is 0 Å². The molecule has 1 aromatic rings. The van der Waals surface area contributed by atoms with Crippen molar-refractivity contribution in [3.63, 3.8) is 0 Å². The van der Waals surface area contributed by atoms with E-state index in [0.717, 1.165) is 51.5 Å². The molecule has 162 valence electrons. The highest BCUT2D eigenvalue weighted by Crippen LogP contribution is 2.19. The SMILES string of the molecule is Cl.Cl.O=C(NCc1ccc2c(c1)CNC2)C1CC(=O)N(CCN2CCOCC2)C1. The van der Waals surface area contributed by atoms with Gasteiger partial charge in [0.15, 0.2) is 0 Å². The van der Waals surface area contributed by atoms with Gasteiger partial charge in [0.1, 0.15) is 0 Å². The summed E-state index contributed by atoms with van der Waals surface area (Å²) in [5, 5.41) is 6.34. The summed E-state index contributed by atoms with van der Waals surface area (Å²) in [5.41, 5.74) is 3.76. The molecule has 4 rings (SSSR count). The van der Waals surface area contributed by atoms with E-state index in [4.69, 9.17) is 4.74 Å². The number of likely N-dealkylation sites (tertiary alicyclic amines) is 1. The molecule has 1 atom stereocenters. The Morgan fingerprint density at radius 3 is 2.69 bits per heavy atom. The number of halogens is 2. The first-order valence-corrected chi connectivity index (χ1v) is 9.86. The summed E-state index contributed by atoms with van der Waals surface area (Å²) < 4.78 is 5.35. The molecule has 0 aromatic heterocycles. The summed E-state index contributed by atoms with van der Waals surface area (Å²) in [5.74, 6) is -0.166. The maximum Gasteiger partial charge on any atom is 0.225 e. The van der Waals surface area contributed by atoms with Crippen LogP contribution in [0.3, 0.4) is 0 Å². The number of nitrogens with zero attached hydrogens (tertiary/aromatic N) is 2. The van der Waals surface area contributed by atoms with Crippen molar-refractivity contribution in [2.24, 2.45) is 5.92 Å². The molecule has 0 spiro atoms. The predicted molar refractivity (Wildman–Crippen MR) is 115 cm³/mol. The number of benzene rings is 1. The Kier molecular flexibility index (Phi) is 9.17. The van der Waals surface area contributed by atoms with Crippen LogP contribution in [0, 0.1) is 5.92 Å². The second kappa shape index (κ2) is 11.1. The van der Waals surface area contributed by atoms with Crippen LogP contribution in [0.2, 0.25) is 0 Å². The lowest BCUT2D eigenvalue weighted by atomic mass is 10.1. The monoisotopic (exact) mass is 444 g/mol. The van der Waals surface area contributed by atoms with Gasteiger partial charge in [-0.15, -0.1) is 24.8 Å². The summed E-state index contributed by atoms with van der Waals surface area (Å²) in [6.45, 7) is 7.78. The van der Waals surface area contributed by atoms with Crippen molar-refractivity contribution < 1.29 is 14.3 Å². The second-order valence-corrected chi connectivity index (χ2v) is 7.62. The van der Waals surface area contributed by atoms with Crippen molar-refractivity contribution in [2.75, 3.05) is 45.9 Å². The van der Waals surface area contributed by atoms with Crippen LogP contribution in [0.25, 0.3) is 0 Å². The molecule has 29 heavy (non-hydrogen) atoms. The van der Waals surface area contributed by atoms with Crippen molar-refractivity contribution in [3.05, 3.63) is 34.9 Å². The lowest BCUT2D eigenvalue weighted by Crippen LogP contribution is -2.42. The van der Waals surface area contributed by atoms with Gasteiger partial charge in [-0.05, 0) is 16.7 Å². The van der Waals surface area contributed by atoms with Crippen LogP contribution in [0.15, 0.2) is 18.2 Å². The zero-order valence-electron chi connectivity index (χ0n) is 16.5. The van der Waals surface area contributed by atoms with Gasteiger partial charge in [-0.25, -0.2) is 0 Å². The number of carbonyl (C=O) groups is 2. The van der Waals surface area contributed by atoms with Gasteiger partial charge in [0.2, 0.25) is 11.8 Å². The van der Waals surface area contributed by atoms with Crippen LogP contribution in [0.1, 0.15) is 23.1 Å². The molecule has 2 amide bonds.